The molecule has 1 aromatic rings. The molecular formula is C13H15NO. The summed E-state index contributed by atoms with van der Waals surface area (Å²) in [6.07, 6.45) is 1.41. The van der Waals surface area contributed by atoms with E-state index in [4.69, 9.17) is 4.74 Å². The van der Waals surface area contributed by atoms with E-state index in [0.29, 0.717) is 11.3 Å². The molecule has 3 unspecified atom stereocenters. The Balaban J connectivity index is 1.76. The molecule has 1 aliphatic carbocycles. The molecule has 1 saturated carbocycles. The van der Waals surface area contributed by atoms with Crippen LogP contribution in [0.4, 0.5) is 0 Å². The second-order valence-corrected chi connectivity index (χ2v) is 5.17. The lowest BCUT2D eigenvalue weighted by atomic mass is 9.84. The Morgan fingerprint density at radius 1 is 1.33 bits per heavy atom. The fourth-order valence-electron chi connectivity index (χ4n) is 3.56. The minimum Gasteiger partial charge on any atom is -0.493 e. The summed E-state index contributed by atoms with van der Waals surface area (Å²) in [5.74, 6) is 2.68. The van der Waals surface area contributed by atoms with Gasteiger partial charge in [0.15, 0.2) is 0 Å². The molecule has 3 aliphatic rings. The van der Waals surface area contributed by atoms with Crippen LogP contribution in [0.1, 0.15) is 17.9 Å². The van der Waals surface area contributed by atoms with Crippen molar-refractivity contribution in [2.75, 3.05) is 19.7 Å². The average Bonchev–Trinajstić information content (AvgIpc) is 2.68. The highest BCUT2D eigenvalue weighted by atomic mass is 16.5. The number of fused-ring (bicyclic) bond motifs is 2. The highest BCUT2D eigenvalue weighted by molar-refractivity contribution is 5.43. The monoisotopic (exact) mass is 201 g/mol. The fraction of sp³-hybridized carbons (Fsp3) is 0.538. The van der Waals surface area contributed by atoms with Gasteiger partial charge >= 0.3 is 0 Å². The lowest BCUT2D eigenvalue weighted by Crippen LogP contribution is -2.23. The van der Waals surface area contributed by atoms with Gasteiger partial charge in [-0.15, -0.1) is 0 Å². The van der Waals surface area contributed by atoms with Crippen molar-refractivity contribution in [2.45, 2.75) is 12.3 Å². The summed E-state index contributed by atoms with van der Waals surface area (Å²) in [5, 5.41) is 3.51. The largest absolute Gasteiger partial charge is 0.493 e. The molecule has 2 heteroatoms. The summed E-state index contributed by atoms with van der Waals surface area (Å²) in [4.78, 5) is 0. The Labute approximate surface area is 89.6 Å². The lowest BCUT2D eigenvalue weighted by molar-refractivity contribution is 0.278. The van der Waals surface area contributed by atoms with Crippen LogP contribution in [0.25, 0.3) is 0 Å². The van der Waals surface area contributed by atoms with Gasteiger partial charge in [0.05, 0.1) is 6.61 Å². The molecule has 2 aliphatic heterocycles. The van der Waals surface area contributed by atoms with Crippen molar-refractivity contribution in [3.05, 3.63) is 29.8 Å². The van der Waals surface area contributed by atoms with Crippen molar-refractivity contribution in [3.8, 4) is 5.75 Å². The maximum Gasteiger partial charge on any atom is 0.122 e. The molecule has 0 radical (unpaired) electrons. The van der Waals surface area contributed by atoms with E-state index < -0.39 is 0 Å². The van der Waals surface area contributed by atoms with Gasteiger partial charge in [-0.1, -0.05) is 18.2 Å². The first-order chi connectivity index (χ1) is 7.40. The number of ether oxygens (including phenoxy) is 1. The van der Waals surface area contributed by atoms with Gasteiger partial charge in [0.25, 0.3) is 0 Å². The number of nitrogens with one attached hydrogen (secondary N) is 1. The summed E-state index contributed by atoms with van der Waals surface area (Å²) in [7, 11) is 0. The van der Waals surface area contributed by atoms with E-state index in [0.717, 1.165) is 18.3 Å². The number of hydrogen-bond acceptors (Lipinski definition) is 2. The minimum absolute atomic E-state index is 0.548. The molecule has 78 valence electrons. The van der Waals surface area contributed by atoms with E-state index in [1.807, 2.05) is 0 Å². The molecule has 1 saturated heterocycles. The predicted molar refractivity (Wildman–Crippen MR) is 58.1 cm³/mol. The molecule has 0 bridgehead atoms. The Hall–Kier alpha value is -1.02. The lowest BCUT2D eigenvalue weighted by Gasteiger charge is -2.19. The van der Waals surface area contributed by atoms with Crippen molar-refractivity contribution in [3.63, 3.8) is 0 Å². The van der Waals surface area contributed by atoms with Crippen LogP contribution in [-0.2, 0) is 0 Å². The van der Waals surface area contributed by atoms with Gasteiger partial charge in [-0.2, -0.15) is 0 Å². The molecule has 3 atom stereocenters. The van der Waals surface area contributed by atoms with Crippen LogP contribution in [0.15, 0.2) is 24.3 Å². The van der Waals surface area contributed by atoms with Crippen molar-refractivity contribution >= 4 is 0 Å². The summed E-state index contributed by atoms with van der Waals surface area (Å²) in [6.45, 7) is 3.32. The van der Waals surface area contributed by atoms with Crippen LogP contribution in [0.5, 0.6) is 5.75 Å². The molecule has 1 N–H and O–H groups in total. The van der Waals surface area contributed by atoms with E-state index in [1.54, 1.807) is 0 Å². The minimum atomic E-state index is 0.548. The topological polar surface area (TPSA) is 21.3 Å². The zero-order chi connectivity index (χ0) is 9.88. The molecule has 2 heterocycles. The molecule has 15 heavy (non-hydrogen) atoms. The summed E-state index contributed by atoms with van der Waals surface area (Å²) in [6, 6.07) is 8.55. The molecule has 0 aromatic heterocycles. The van der Waals surface area contributed by atoms with E-state index in [1.165, 1.54) is 25.1 Å². The average molecular weight is 201 g/mol. The van der Waals surface area contributed by atoms with Gasteiger partial charge in [-0.25, -0.2) is 0 Å². The highest BCUT2D eigenvalue weighted by Crippen LogP contribution is 2.64. The zero-order valence-electron chi connectivity index (χ0n) is 8.70. The third-order valence-electron chi connectivity index (χ3n) is 4.52. The molecule has 0 amide bonds. The van der Waals surface area contributed by atoms with E-state index in [2.05, 4.69) is 29.6 Å². The number of rotatable bonds is 1. The molecular weight excluding hydrogens is 186 g/mol. The third kappa shape index (κ3) is 0.932. The summed E-state index contributed by atoms with van der Waals surface area (Å²) >= 11 is 0. The SMILES string of the molecule is c1ccc2c(c1)OCC2C12CNCC1C2. The third-order valence-corrected chi connectivity index (χ3v) is 4.52. The van der Waals surface area contributed by atoms with Gasteiger partial charge in [0, 0.05) is 18.0 Å². The number of hydrogen-bond donors (Lipinski definition) is 1. The van der Waals surface area contributed by atoms with Crippen molar-refractivity contribution in [1.29, 1.82) is 0 Å². The predicted octanol–water partition coefficient (Wildman–Crippen LogP) is 1.77. The fourth-order valence-corrected chi connectivity index (χ4v) is 3.56. The van der Waals surface area contributed by atoms with Crippen LogP contribution in [-0.4, -0.2) is 19.7 Å². The summed E-state index contributed by atoms with van der Waals surface area (Å²) < 4.78 is 5.79. The van der Waals surface area contributed by atoms with Crippen molar-refractivity contribution < 1.29 is 4.74 Å². The first kappa shape index (κ1) is 8.17. The second-order valence-electron chi connectivity index (χ2n) is 5.17. The first-order valence-electron chi connectivity index (χ1n) is 5.83. The van der Waals surface area contributed by atoms with Crippen LogP contribution in [0.3, 0.4) is 0 Å². The highest BCUT2D eigenvalue weighted by Gasteiger charge is 2.62. The van der Waals surface area contributed by atoms with Gasteiger partial charge in [0.2, 0.25) is 0 Å². The first-order valence-corrected chi connectivity index (χ1v) is 5.83. The Morgan fingerprint density at radius 2 is 2.27 bits per heavy atom. The summed E-state index contributed by atoms with van der Waals surface area (Å²) in [5.41, 5.74) is 2.00. The standard InChI is InChI=1S/C13H15NO/c1-2-4-12-10(3-1)11(7-15-12)13-5-9(13)6-14-8-13/h1-4,9,11,14H,5-8H2. The molecule has 1 aromatic carbocycles. The Bertz CT molecular complexity index is 417. The zero-order valence-corrected chi connectivity index (χ0v) is 8.70. The van der Waals surface area contributed by atoms with Gasteiger partial charge in [0.1, 0.15) is 5.75 Å². The smallest absolute Gasteiger partial charge is 0.122 e. The quantitative estimate of drug-likeness (QED) is 0.747. The van der Waals surface area contributed by atoms with E-state index >= 15 is 0 Å². The van der Waals surface area contributed by atoms with Gasteiger partial charge < -0.3 is 10.1 Å². The van der Waals surface area contributed by atoms with E-state index in [-0.39, 0.29) is 0 Å². The van der Waals surface area contributed by atoms with Crippen LogP contribution in [0.2, 0.25) is 0 Å². The molecule has 0 spiro atoms. The molecule has 2 fully saturated rings. The normalized spacial score (nSPS) is 40.8. The van der Waals surface area contributed by atoms with Crippen LogP contribution < -0.4 is 10.1 Å². The van der Waals surface area contributed by atoms with Gasteiger partial charge in [-0.05, 0) is 30.4 Å². The molecule has 4 rings (SSSR count). The van der Waals surface area contributed by atoms with E-state index in [9.17, 15) is 0 Å². The maximum atomic E-state index is 5.79. The van der Waals surface area contributed by atoms with Crippen LogP contribution >= 0.6 is 0 Å². The second kappa shape index (κ2) is 2.56. The number of piperidine rings is 1. The van der Waals surface area contributed by atoms with Crippen molar-refractivity contribution in [2.24, 2.45) is 11.3 Å². The van der Waals surface area contributed by atoms with Gasteiger partial charge in [-0.3, -0.25) is 0 Å². The number of para-hydroxylation sites is 1. The van der Waals surface area contributed by atoms with Crippen molar-refractivity contribution in [1.82, 2.24) is 5.32 Å². The Morgan fingerprint density at radius 3 is 3.07 bits per heavy atom. The Kier molecular flexibility index (Phi) is 1.39. The molecule has 2 nitrogen and oxygen atoms in total. The number of benzene rings is 1. The van der Waals surface area contributed by atoms with Crippen LogP contribution in [0, 0.1) is 11.3 Å². The maximum absolute atomic E-state index is 5.79.